The largest absolute Gasteiger partial charge is 0.303 e. The Morgan fingerprint density at radius 3 is 2.60 bits per heavy atom. The van der Waals surface area contributed by atoms with Crippen molar-refractivity contribution in [1.29, 1.82) is 0 Å². The summed E-state index contributed by atoms with van der Waals surface area (Å²) in [4.78, 5) is 2.48. The molecule has 1 nitrogen and oxygen atoms in total. The Labute approximate surface area is 64.4 Å². The van der Waals surface area contributed by atoms with Crippen LogP contribution in [-0.4, -0.2) is 24.5 Å². The van der Waals surface area contributed by atoms with Crippen molar-refractivity contribution >= 4 is 0 Å². The van der Waals surface area contributed by atoms with E-state index in [9.17, 15) is 0 Å². The molecule has 1 heterocycles. The predicted molar refractivity (Wildman–Crippen MR) is 45.1 cm³/mol. The summed E-state index contributed by atoms with van der Waals surface area (Å²) in [5, 5.41) is 0. The van der Waals surface area contributed by atoms with Crippen LogP contribution in [0.5, 0.6) is 0 Å². The van der Waals surface area contributed by atoms with Gasteiger partial charge >= 0.3 is 0 Å². The lowest BCUT2D eigenvalue weighted by atomic mass is 9.92. The second kappa shape index (κ2) is 3.38. The van der Waals surface area contributed by atoms with Crippen LogP contribution < -0.4 is 0 Å². The van der Waals surface area contributed by atoms with E-state index >= 15 is 0 Å². The first-order chi connectivity index (χ1) is 4.74. The molecule has 0 aliphatic carbocycles. The molecule has 1 rings (SSSR count). The summed E-state index contributed by atoms with van der Waals surface area (Å²) in [7, 11) is 2.24. The molecule has 0 unspecified atom stereocenters. The molecule has 0 N–H and O–H groups in total. The van der Waals surface area contributed by atoms with Gasteiger partial charge in [-0.05, 0) is 32.7 Å². The quantitative estimate of drug-likeness (QED) is 0.540. The first-order valence-electron chi connectivity index (χ1n) is 4.44. The average Bonchev–Trinajstić information content (AvgIpc) is 1.95. The van der Waals surface area contributed by atoms with Crippen molar-refractivity contribution in [3.05, 3.63) is 0 Å². The molecule has 0 bridgehead atoms. The van der Waals surface area contributed by atoms with E-state index < -0.39 is 0 Å². The summed E-state index contributed by atoms with van der Waals surface area (Å²) < 4.78 is 0. The van der Waals surface area contributed by atoms with Crippen molar-refractivity contribution < 1.29 is 0 Å². The number of hydrogen-bond acceptors (Lipinski definition) is 1. The first-order valence-corrected chi connectivity index (χ1v) is 4.44. The third kappa shape index (κ3) is 1.72. The topological polar surface area (TPSA) is 3.24 Å². The van der Waals surface area contributed by atoms with Gasteiger partial charge in [-0.3, -0.25) is 0 Å². The van der Waals surface area contributed by atoms with E-state index in [0.29, 0.717) is 0 Å². The van der Waals surface area contributed by atoms with Crippen molar-refractivity contribution in [1.82, 2.24) is 4.90 Å². The molecule has 2 atom stereocenters. The van der Waals surface area contributed by atoms with Gasteiger partial charge in [-0.25, -0.2) is 0 Å². The second-order valence-electron chi connectivity index (χ2n) is 3.64. The van der Waals surface area contributed by atoms with Crippen molar-refractivity contribution in [3.8, 4) is 0 Å². The number of likely N-dealkylation sites (tertiary alicyclic amines) is 1. The highest BCUT2D eigenvalue weighted by Gasteiger charge is 2.20. The fourth-order valence-corrected chi connectivity index (χ4v) is 1.71. The van der Waals surface area contributed by atoms with Crippen LogP contribution in [0.3, 0.4) is 0 Å². The summed E-state index contributed by atoms with van der Waals surface area (Å²) in [5.74, 6) is 0.973. The maximum atomic E-state index is 2.48. The standard InChI is InChI=1S/C9H19N/c1-4-9-6-5-8(2)10(3)7-9/h8-9H,4-7H2,1-3H3/t8-,9+/m1/s1. The molecule has 0 saturated carbocycles. The van der Waals surface area contributed by atoms with Gasteiger partial charge in [0.2, 0.25) is 0 Å². The SMILES string of the molecule is CC[C@H]1CC[C@@H](C)N(C)C1. The summed E-state index contributed by atoms with van der Waals surface area (Å²) in [6.45, 7) is 5.94. The lowest BCUT2D eigenvalue weighted by Crippen LogP contribution is -2.38. The Morgan fingerprint density at radius 2 is 2.10 bits per heavy atom. The molecule has 1 saturated heterocycles. The molecule has 0 amide bonds. The zero-order chi connectivity index (χ0) is 7.56. The van der Waals surface area contributed by atoms with E-state index in [-0.39, 0.29) is 0 Å². The van der Waals surface area contributed by atoms with Crippen molar-refractivity contribution in [2.45, 2.75) is 39.2 Å². The third-order valence-electron chi connectivity index (χ3n) is 2.87. The van der Waals surface area contributed by atoms with E-state index in [1.54, 1.807) is 0 Å². The molecule has 1 heteroatoms. The molecule has 1 fully saturated rings. The summed E-state index contributed by atoms with van der Waals surface area (Å²) in [5.41, 5.74) is 0. The van der Waals surface area contributed by atoms with Crippen LogP contribution in [-0.2, 0) is 0 Å². The Kier molecular flexibility index (Phi) is 2.72. The fraction of sp³-hybridized carbons (Fsp3) is 1.00. The first kappa shape index (κ1) is 8.06. The van der Waals surface area contributed by atoms with Crippen LogP contribution >= 0.6 is 0 Å². The molecular weight excluding hydrogens is 122 g/mol. The molecule has 1 aliphatic heterocycles. The van der Waals surface area contributed by atoms with Crippen molar-refractivity contribution in [3.63, 3.8) is 0 Å². The van der Waals surface area contributed by atoms with Crippen LogP contribution in [0.2, 0.25) is 0 Å². The molecule has 0 aromatic rings. The smallest absolute Gasteiger partial charge is 0.00641 e. The van der Waals surface area contributed by atoms with Gasteiger partial charge in [0.15, 0.2) is 0 Å². The van der Waals surface area contributed by atoms with Gasteiger partial charge in [-0.1, -0.05) is 13.3 Å². The van der Waals surface area contributed by atoms with Gasteiger partial charge in [-0.15, -0.1) is 0 Å². The molecule has 60 valence electrons. The minimum atomic E-state index is 0.822. The molecule has 0 aromatic heterocycles. The molecule has 0 aromatic carbocycles. The van der Waals surface area contributed by atoms with Gasteiger partial charge in [0.1, 0.15) is 0 Å². The highest BCUT2D eigenvalue weighted by atomic mass is 15.1. The van der Waals surface area contributed by atoms with Crippen LogP contribution in [0.25, 0.3) is 0 Å². The molecule has 1 aliphatic rings. The van der Waals surface area contributed by atoms with Gasteiger partial charge < -0.3 is 4.90 Å². The number of hydrogen-bond donors (Lipinski definition) is 0. The Balaban J connectivity index is 2.33. The van der Waals surface area contributed by atoms with Crippen LogP contribution in [0.15, 0.2) is 0 Å². The van der Waals surface area contributed by atoms with Gasteiger partial charge in [0, 0.05) is 12.6 Å². The zero-order valence-electron chi connectivity index (χ0n) is 7.43. The van der Waals surface area contributed by atoms with E-state index in [2.05, 4.69) is 25.8 Å². The minimum absolute atomic E-state index is 0.822. The van der Waals surface area contributed by atoms with E-state index in [1.807, 2.05) is 0 Å². The Morgan fingerprint density at radius 1 is 1.40 bits per heavy atom. The zero-order valence-corrected chi connectivity index (χ0v) is 7.43. The maximum Gasteiger partial charge on any atom is 0.00641 e. The molecule has 10 heavy (non-hydrogen) atoms. The fourth-order valence-electron chi connectivity index (χ4n) is 1.71. The summed E-state index contributed by atoms with van der Waals surface area (Å²) >= 11 is 0. The maximum absolute atomic E-state index is 2.48. The molecule has 0 spiro atoms. The molecule has 0 radical (unpaired) electrons. The number of rotatable bonds is 1. The minimum Gasteiger partial charge on any atom is -0.303 e. The van der Waals surface area contributed by atoms with Gasteiger partial charge in [0.25, 0.3) is 0 Å². The van der Waals surface area contributed by atoms with Gasteiger partial charge in [-0.2, -0.15) is 0 Å². The van der Waals surface area contributed by atoms with Crippen LogP contribution in [0.4, 0.5) is 0 Å². The van der Waals surface area contributed by atoms with Crippen LogP contribution in [0.1, 0.15) is 33.1 Å². The monoisotopic (exact) mass is 141 g/mol. The number of piperidine rings is 1. The summed E-state index contributed by atoms with van der Waals surface area (Å²) in [6, 6.07) is 0.822. The lowest BCUT2D eigenvalue weighted by Gasteiger charge is -2.34. The Hall–Kier alpha value is -0.0400. The van der Waals surface area contributed by atoms with E-state index in [0.717, 1.165) is 12.0 Å². The van der Waals surface area contributed by atoms with Crippen LogP contribution in [0, 0.1) is 5.92 Å². The predicted octanol–water partition coefficient (Wildman–Crippen LogP) is 2.13. The number of nitrogens with zero attached hydrogens (tertiary/aromatic N) is 1. The third-order valence-corrected chi connectivity index (χ3v) is 2.87. The Bertz CT molecular complexity index is 101. The summed E-state index contributed by atoms with van der Waals surface area (Å²) in [6.07, 6.45) is 4.20. The average molecular weight is 141 g/mol. The van der Waals surface area contributed by atoms with E-state index in [1.165, 1.54) is 25.8 Å². The van der Waals surface area contributed by atoms with Crippen molar-refractivity contribution in [2.24, 2.45) is 5.92 Å². The van der Waals surface area contributed by atoms with Crippen molar-refractivity contribution in [2.75, 3.05) is 13.6 Å². The molecular formula is C9H19N. The second-order valence-corrected chi connectivity index (χ2v) is 3.64. The highest BCUT2D eigenvalue weighted by Crippen LogP contribution is 2.21. The van der Waals surface area contributed by atoms with E-state index in [4.69, 9.17) is 0 Å². The highest BCUT2D eigenvalue weighted by molar-refractivity contribution is 4.75. The lowest BCUT2D eigenvalue weighted by molar-refractivity contribution is 0.147. The normalized spacial score (nSPS) is 36.3. The van der Waals surface area contributed by atoms with Gasteiger partial charge in [0.05, 0.1) is 0 Å².